The third kappa shape index (κ3) is 2.56. The summed E-state index contributed by atoms with van der Waals surface area (Å²) in [6.45, 7) is 4.26. The maximum Gasteiger partial charge on any atom is 0.257 e. The summed E-state index contributed by atoms with van der Waals surface area (Å²) in [6, 6.07) is 4.38. The first-order valence-electron chi connectivity index (χ1n) is 7.06. The first-order chi connectivity index (χ1) is 10.1. The lowest BCUT2D eigenvalue weighted by Gasteiger charge is -2.27. The van der Waals surface area contributed by atoms with E-state index in [-0.39, 0.29) is 0 Å². The largest absolute Gasteiger partial charge is 0.478 e. The molecule has 0 fully saturated rings. The molecule has 0 unspecified atom stereocenters. The van der Waals surface area contributed by atoms with Gasteiger partial charge in [-0.2, -0.15) is 0 Å². The lowest BCUT2D eigenvalue weighted by molar-refractivity contribution is 0.312. The van der Waals surface area contributed by atoms with Gasteiger partial charge in [0.2, 0.25) is 0 Å². The number of nitrogen functional groups attached to an aromatic ring is 1. The van der Waals surface area contributed by atoms with E-state index < -0.39 is 0 Å². The van der Waals surface area contributed by atoms with Gasteiger partial charge >= 0.3 is 0 Å². The van der Waals surface area contributed by atoms with Gasteiger partial charge in [0.1, 0.15) is 0 Å². The second-order valence-corrected chi connectivity index (χ2v) is 5.57. The molecule has 5 heteroatoms. The van der Waals surface area contributed by atoms with Crippen LogP contribution in [0.5, 0.6) is 5.88 Å². The number of rotatable bonds is 2. The minimum Gasteiger partial charge on any atom is -0.478 e. The van der Waals surface area contributed by atoms with Gasteiger partial charge in [-0.15, -0.1) is 0 Å². The molecule has 5 nitrogen and oxygen atoms in total. The van der Waals surface area contributed by atoms with Crippen molar-refractivity contribution in [2.45, 2.75) is 19.9 Å². The molecule has 21 heavy (non-hydrogen) atoms. The molecule has 110 valence electrons. The minimum absolute atomic E-state index is 0.317. The van der Waals surface area contributed by atoms with Gasteiger partial charge in [-0.1, -0.05) is 0 Å². The molecule has 0 radical (unpaired) electrons. The maximum absolute atomic E-state index is 5.73. The SMILES string of the molecule is COc1nc(-c2cc(C)c3c(c2)CCN(C)C3)cnc1N. The van der Waals surface area contributed by atoms with Gasteiger partial charge < -0.3 is 15.4 Å². The lowest BCUT2D eigenvalue weighted by Crippen LogP contribution is -2.27. The molecule has 0 saturated carbocycles. The Hall–Kier alpha value is -2.14. The molecule has 1 aromatic carbocycles. The van der Waals surface area contributed by atoms with E-state index in [4.69, 9.17) is 10.5 Å². The summed E-state index contributed by atoms with van der Waals surface area (Å²) < 4.78 is 5.16. The monoisotopic (exact) mass is 284 g/mol. The molecule has 2 heterocycles. The van der Waals surface area contributed by atoms with E-state index in [1.165, 1.54) is 16.7 Å². The second-order valence-electron chi connectivity index (χ2n) is 5.57. The number of nitrogens with zero attached hydrogens (tertiary/aromatic N) is 3. The molecule has 1 aliphatic heterocycles. The van der Waals surface area contributed by atoms with E-state index in [2.05, 4.69) is 41.0 Å². The van der Waals surface area contributed by atoms with Crippen molar-refractivity contribution in [1.82, 2.24) is 14.9 Å². The van der Waals surface area contributed by atoms with E-state index >= 15 is 0 Å². The highest BCUT2D eigenvalue weighted by atomic mass is 16.5. The van der Waals surface area contributed by atoms with E-state index in [1.807, 2.05) is 0 Å². The van der Waals surface area contributed by atoms with Crippen molar-refractivity contribution in [2.24, 2.45) is 0 Å². The van der Waals surface area contributed by atoms with Crippen LogP contribution in [0, 0.1) is 6.92 Å². The van der Waals surface area contributed by atoms with Crippen LogP contribution in [-0.2, 0) is 13.0 Å². The molecule has 0 amide bonds. The summed E-state index contributed by atoms with van der Waals surface area (Å²) in [5.41, 5.74) is 11.7. The Bertz CT molecular complexity index is 684. The predicted molar refractivity (Wildman–Crippen MR) is 83.2 cm³/mol. The Morgan fingerprint density at radius 3 is 2.90 bits per heavy atom. The normalized spacial score (nSPS) is 14.8. The molecule has 2 aromatic rings. The van der Waals surface area contributed by atoms with Crippen molar-refractivity contribution < 1.29 is 4.74 Å². The van der Waals surface area contributed by atoms with E-state index in [0.29, 0.717) is 11.7 Å². The molecule has 1 aliphatic rings. The first-order valence-corrected chi connectivity index (χ1v) is 7.06. The van der Waals surface area contributed by atoms with Crippen molar-refractivity contribution in [3.05, 3.63) is 35.0 Å². The molecule has 0 saturated heterocycles. The smallest absolute Gasteiger partial charge is 0.257 e. The van der Waals surface area contributed by atoms with Gasteiger partial charge in [0, 0.05) is 18.7 Å². The molecular weight excluding hydrogens is 264 g/mol. The lowest BCUT2D eigenvalue weighted by atomic mass is 9.92. The van der Waals surface area contributed by atoms with Crippen molar-refractivity contribution in [2.75, 3.05) is 26.4 Å². The molecule has 2 N–H and O–H groups in total. The van der Waals surface area contributed by atoms with Crippen LogP contribution >= 0.6 is 0 Å². The summed E-state index contributed by atoms with van der Waals surface area (Å²) in [4.78, 5) is 11.0. The fourth-order valence-electron chi connectivity index (χ4n) is 2.82. The van der Waals surface area contributed by atoms with E-state index in [1.54, 1.807) is 13.3 Å². The van der Waals surface area contributed by atoms with Crippen LogP contribution in [0.1, 0.15) is 16.7 Å². The van der Waals surface area contributed by atoms with E-state index in [0.717, 1.165) is 30.8 Å². The topological polar surface area (TPSA) is 64.3 Å². The van der Waals surface area contributed by atoms with Crippen molar-refractivity contribution >= 4 is 5.82 Å². The molecule has 0 spiro atoms. The molecule has 3 rings (SSSR count). The number of benzene rings is 1. The van der Waals surface area contributed by atoms with Gasteiger partial charge in [0.05, 0.1) is 19.0 Å². The summed E-state index contributed by atoms with van der Waals surface area (Å²) in [6.07, 6.45) is 2.77. The number of hydrogen-bond acceptors (Lipinski definition) is 5. The fraction of sp³-hybridized carbons (Fsp3) is 0.375. The standard InChI is InChI=1S/C16H20N4O/c1-10-6-12(7-11-4-5-20(2)9-13(10)11)14-8-18-15(17)16(19-14)21-3/h6-8H,4-5,9H2,1-3H3,(H2,17,18). The number of aryl methyl sites for hydroxylation is 1. The van der Waals surface area contributed by atoms with Crippen LogP contribution in [0.3, 0.4) is 0 Å². The molecule has 0 atom stereocenters. The van der Waals surface area contributed by atoms with Gasteiger partial charge in [-0.05, 0) is 49.2 Å². The Kier molecular flexibility index (Phi) is 3.51. The fourth-order valence-corrected chi connectivity index (χ4v) is 2.82. The summed E-state index contributed by atoms with van der Waals surface area (Å²) in [5, 5.41) is 0. The second kappa shape index (κ2) is 5.33. The summed E-state index contributed by atoms with van der Waals surface area (Å²) >= 11 is 0. The third-order valence-corrected chi connectivity index (χ3v) is 4.01. The summed E-state index contributed by atoms with van der Waals surface area (Å²) in [5.74, 6) is 0.695. The minimum atomic E-state index is 0.317. The zero-order chi connectivity index (χ0) is 15.0. The Morgan fingerprint density at radius 1 is 1.33 bits per heavy atom. The number of ether oxygens (including phenoxy) is 1. The first kappa shape index (κ1) is 13.8. The third-order valence-electron chi connectivity index (χ3n) is 4.01. The van der Waals surface area contributed by atoms with Crippen LogP contribution in [0.25, 0.3) is 11.3 Å². The van der Waals surface area contributed by atoms with Gasteiger partial charge in [0.25, 0.3) is 5.88 Å². The average molecular weight is 284 g/mol. The average Bonchev–Trinajstić information content (AvgIpc) is 2.48. The predicted octanol–water partition coefficient (Wildman–Crippen LogP) is 2.03. The van der Waals surface area contributed by atoms with Crippen LogP contribution in [0.2, 0.25) is 0 Å². The van der Waals surface area contributed by atoms with Gasteiger partial charge in [-0.25, -0.2) is 9.97 Å². The number of fused-ring (bicyclic) bond motifs is 1. The molecule has 0 aliphatic carbocycles. The van der Waals surface area contributed by atoms with Crippen molar-refractivity contribution in [3.63, 3.8) is 0 Å². The Balaban J connectivity index is 2.06. The number of nitrogens with two attached hydrogens (primary N) is 1. The number of hydrogen-bond donors (Lipinski definition) is 1. The van der Waals surface area contributed by atoms with Crippen molar-refractivity contribution in [1.29, 1.82) is 0 Å². The Morgan fingerprint density at radius 2 is 2.14 bits per heavy atom. The van der Waals surface area contributed by atoms with Gasteiger partial charge in [0.15, 0.2) is 5.82 Å². The zero-order valence-electron chi connectivity index (χ0n) is 12.7. The number of aromatic nitrogens is 2. The van der Waals surface area contributed by atoms with Crippen LogP contribution < -0.4 is 10.5 Å². The highest BCUT2D eigenvalue weighted by Crippen LogP contribution is 2.29. The van der Waals surface area contributed by atoms with Crippen LogP contribution in [0.15, 0.2) is 18.3 Å². The zero-order valence-corrected chi connectivity index (χ0v) is 12.7. The summed E-state index contributed by atoms with van der Waals surface area (Å²) in [7, 11) is 3.71. The van der Waals surface area contributed by atoms with Crippen LogP contribution in [0.4, 0.5) is 5.82 Å². The van der Waals surface area contributed by atoms with Crippen molar-refractivity contribution in [3.8, 4) is 17.1 Å². The van der Waals surface area contributed by atoms with Gasteiger partial charge in [-0.3, -0.25) is 0 Å². The highest BCUT2D eigenvalue weighted by molar-refractivity contribution is 5.64. The molecular formula is C16H20N4O. The van der Waals surface area contributed by atoms with Crippen LogP contribution in [-0.4, -0.2) is 35.6 Å². The highest BCUT2D eigenvalue weighted by Gasteiger charge is 2.17. The molecule has 1 aromatic heterocycles. The number of likely N-dealkylation sites (N-methyl/N-ethyl adjacent to an activating group) is 1. The Labute approximate surface area is 124 Å². The molecule has 0 bridgehead atoms. The number of anilines is 1. The maximum atomic E-state index is 5.73. The number of methoxy groups -OCH3 is 1. The van der Waals surface area contributed by atoms with E-state index in [9.17, 15) is 0 Å². The quantitative estimate of drug-likeness (QED) is 0.914.